The van der Waals surface area contributed by atoms with Crippen molar-refractivity contribution in [1.82, 2.24) is 9.88 Å². The van der Waals surface area contributed by atoms with Crippen LogP contribution in [0.5, 0.6) is 0 Å². The Bertz CT molecular complexity index is 846. The number of thiocarbonyl (C=S) groups is 1. The molecule has 0 radical (unpaired) electrons. The highest BCUT2D eigenvalue weighted by Crippen LogP contribution is 2.27. The van der Waals surface area contributed by atoms with Gasteiger partial charge in [0.15, 0.2) is 5.13 Å². The molecule has 3 amide bonds. The van der Waals surface area contributed by atoms with E-state index in [0.717, 1.165) is 32.4 Å². The molecule has 1 aromatic heterocycles. The summed E-state index contributed by atoms with van der Waals surface area (Å²) in [6.07, 6.45) is 0.355. The van der Waals surface area contributed by atoms with Crippen LogP contribution >= 0.6 is 35.3 Å². The topological polar surface area (TPSA) is 79.4 Å². The van der Waals surface area contributed by atoms with E-state index in [1.165, 1.54) is 11.3 Å². The number of nitrogens with one attached hydrogen (secondary N) is 1. The van der Waals surface area contributed by atoms with Gasteiger partial charge in [0.05, 0.1) is 16.0 Å². The number of rotatable bonds is 3. The number of anilines is 1. The molecule has 1 aromatic carbocycles. The average Bonchev–Trinajstić information content (AvgIpc) is 3.07. The Kier molecular flexibility index (Phi) is 4.93. The van der Waals surface area contributed by atoms with Crippen LogP contribution in [0.15, 0.2) is 18.2 Å². The first kappa shape index (κ1) is 17.0. The number of hydrogen-bond donors (Lipinski definition) is 1. The van der Waals surface area contributed by atoms with E-state index >= 15 is 0 Å². The van der Waals surface area contributed by atoms with Crippen molar-refractivity contribution in [2.75, 3.05) is 11.1 Å². The molecule has 2 heterocycles. The number of hydrogen-bond acceptors (Lipinski definition) is 7. The van der Waals surface area contributed by atoms with Crippen molar-refractivity contribution in [1.29, 1.82) is 0 Å². The van der Waals surface area contributed by atoms with Crippen molar-refractivity contribution in [3.63, 3.8) is 0 Å². The van der Waals surface area contributed by atoms with Gasteiger partial charge in [0, 0.05) is 12.8 Å². The fourth-order valence-electron chi connectivity index (χ4n) is 2.21. The monoisotopic (exact) mass is 379 g/mol. The molecule has 124 valence electrons. The van der Waals surface area contributed by atoms with Gasteiger partial charge in [-0.05, 0) is 24.6 Å². The van der Waals surface area contributed by atoms with Crippen molar-refractivity contribution < 1.29 is 14.4 Å². The zero-order valence-electron chi connectivity index (χ0n) is 12.7. The number of likely N-dealkylation sites (tertiary alicyclic amines) is 1. The number of fused-ring (bicyclic) bond motifs is 1. The Hall–Kier alpha value is -1.84. The van der Waals surface area contributed by atoms with Crippen molar-refractivity contribution >= 4 is 72.7 Å². The molecule has 0 spiro atoms. The molecule has 0 unspecified atom stereocenters. The van der Waals surface area contributed by atoms with E-state index in [1.54, 1.807) is 0 Å². The summed E-state index contributed by atoms with van der Waals surface area (Å²) >= 11 is 7.47. The number of imide groups is 1. The molecule has 0 bridgehead atoms. The quantitative estimate of drug-likeness (QED) is 0.652. The number of thiazole rings is 1. The molecule has 1 aliphatic rings. The van der Waals surface area contributed by atoms with E-state index in [1.807, 2.05) is 25.1 Å². The first-order valence-corrected chi connectivity index (χ1v) is 9.34. The lowest BCUT2D eigenvalue weighted by Gasteiger charge is -2.13. The van der Waals surface area contributed by atoms with Crippen LogP contribution in [-0.4, -0.2) is 37.7 Å². The molecule has 1 saturated heterocycles. The molecular weight excluding hydrogens is 366 g/mol. The number of aryl methyl sites for hydroxylation is 1. The van der Waals surface area contributed by atoms with Crippen molar-refractivity contribution in [3.05, 3.63) is 23.8 Å². The minimum Gasteiger partial charge on any atom is -0.301 e. The number of benzene rings is 1. The highest BCUT2D eigenvalue weighted by molar-refractivity contribution is 8.23. The van der Waals surface area contributed by atoms with Gasteiger partial charge in [-0.3, -0.25) is 14.4 Å². The molecule has 0 atom stereocenters. The van der Waals surface area contributed by atoms with Gasteiger partial charge in [-0.25, -0.2) is 9.88 Å². The molecule has 0 saturated carbocycles. The van der Waals surface area contributed by atoms with Crippen molar-refractivity contribution in [3.8, 4) is 0 Å². The summed E-state index contributed by atoms with van der Waals surface area (Å²) in [4.78, 5) is 40.5. The predicted octanol–water partition coefficient (Wildman–Crippen LogP) is 2.71. The second kappa shape index (κ2) is 6.96. The number of amides is 3. The summed E-state index contributed by atoms with van der Waals surface area (Å²) < 4.78 is 1.12. The van der Waals surface area contributed by atoms with Gasteiger partial charge >= 0.3 is 0 Å². The Morgan fingerprint density at radius 1 is 1.38 bits per heavy atom. The first-order chi connectivity index (χ1) is 11.4. The third-order valence-corrected chi connectivity index (χ3v) is 5.66. The largest absolute Gasteiger partial charge is 0.301 e. The molecule has 24 heavy (non-hydrogen) atoms. The van der Waals surface area contributed by atoms with Gasteiger partial charge in [0.25, 0.3) is 0 Å². The van der Waals surface area contributed by atoms with Gasteiger partial charge < -0.3 is 5.32 Å². The fraction of sp³-hybridized carbons (Fsp3) is 0.267. The van der Waals surface area contributed by atoms with E-state index < -0.39 is 0 Å². The standard InChI is InChI=1S/C15H13N3O3S3/c1-8-2-3-9-10(6-8)24-14(16-9)17-11(19)7-23-15(22)18-12(20)4-5-13(18)21/h2-3,6H,4-5,7H2,1H3,(H,16,17,19). The van der Waals surface area contributed by atoms with E-state index in [9.17, 15) is 14.4 Å². The number of thioether (sulfide) groups is 1. The van der Waals surface area contributed by atoms with Crippen LogP contribution in [0.25, 0.3) is 10.2 Å². The number of aromatic nitrogens is 1. The number of carbonyl (C=O) groups is 3. The minimum atomic E-state index is -0.306. The summed E-state index contributed by atoms with van der Waals surface area (Å²) in [5.74, 6) is -0.874. The summed E-state index contributed by atoms with van der Waals surface area (Å²) in [5.41, 5.74) is 1.96. The summed E-state index contributed by atoms with van der Waals surface area (Å²) in [7, 11) is 0. The van der Waals surface area contributed by atoms with Gasteiger partial charge in [-0.2, -0.15) is 0 Å². The van der Waals surface area contributed by atoms with Crippen LogP contribution in [0, 0.1) is 6.92 Å². The molecule has 6 nitrogen and oxygen atoms in total. The third kappa shape index (κ3) is 3.63. The maximum absolute atomic E-state index is 12.0. The minimum absolute atomic E-state index is 0.0187. The molecule has 1 aliphatic heterocycles. The smallest absolute Gasteiger partial charge is 0.236 e. The second-order valence-corrected chi connectivity index (χ2v) is 7.86. The summed E-state index contributed by atoms with van der Waals surface area (Å²) in [6, 6.07) is 5.88. The average molecular weight is 379 g/mol. The van der Waals surface area contributed by atoms with Crippen LogP contribution in [0.4, 0.5) is 5.13 Å². The Labute approximate surface area is 151 Å². The lowest BCUT2D eigenvalue weighted by Crippen LogP contribution is -2.33. The van der Waals surface area contributed by atoms with Crippen LogP contribution in [0.2, 0.25) is 0 Å². The Morgan fingerprint density at radius 3 is 2.79 bits per heavy atom. The molecule has 2 aromatic rings. The molecule has 1 fully saturated rings. The zero-order chi connectivity index (χ0) is 17.3. The van der Waals surface area contributed by atoms with Crippen LogP contribution in [0.1, 0.15) is 18.4 Å². The lowest BCUT2D eigenvalue weighted by molar-refractivity contribution is -0.133. The van der Waals surface area contributed by atoms with Crippen LogP contribution in [0.3, 0.4) is 0 Å². The van der Waals surface area contributed by atoms with Crippen LogP contribution in [-0.2, 0) is 14.4 Å². The molecular formula is C15H13N3O3S3. The van der Waals surface area contributed by atoms with Gasteiger partial charge in [0.1, 0.15) is 4.32 Å². The Morgan fingerprint density at radius 2 is 2.08 bits per heavy atom. The van der Waals surface area contributed by atoms with Gasteiger partial charge in [-0.15, -0.1) is 0 Å². The number of nitrogens with zero attached hydrogens (tertiary/aromatic N) is 2. The third-order valence-electron chi connectivity index (χ3n) is 3.35. The normalized spacial score (nSPS) is 14.5. The molecule has 1 N–H and O–H groups in total. The Balaban J connectivity index is 1.58. The van der Waals surface area contributed by atoms with E-state index in [2.05, 4.69) is 10.3 Å². The second-order valence-electron chi connectivity index (χ2n) is 5.22. The summed E-state index contributed by atoms with van der Waals surface area (Å²) in [5, 5.41) is 3.23. The van der Waals surface area contributed by atoms with E-state index in [4.69, 9.17) is 12.2 Å². The first-order valence-electron chi connectivity index (χ1n) is 7.13. The highest BCUT2D eigenvalue weighted by atomic mass is 32.2. The molecule has 0 aliphatic carbocycles. The predicted molar refractivity (Wildman–Crippen MR) is 99.1 cm³/mol. The zero-order valence-corrected chi connectivity index (χ0v) is 15.1. The number of carbonyl (C=O) groups excluding carboxylic acids is 3. The maximum Gasteiger partial charge on any atom is 0.236 e. The molecule has 9 heteroatoms. The lowest BCUT2D eigenvalue weighted by atomic mass is 10.2. The van der Waals surface area contributed by atoms with Crippen molar-refractivity contribution in [2.24, 2.45) is 0 Å². The van der Waals surface area contributed by atoms with E-state index in [0.29, 0.717) is 5.13 Å². The SMILES string of the molecule is Cc1ccc2nc(NC(=O)CSC(=S)N3C(=O)CCC3=O)sc2c1. The van der Waals surface area contributed by atoms with Gasteiger partial charge in [0.2, 0.25) is 17.7 Å². The molecule has 3 rings (SSSR count). The highest BCUT2D eigenvalue weighted by Gasteiger charge is 2.32. The van der Waals surface area contributed by atoms with E-state index in [-0.39, 0.29) is 40.6 Å². The maximum atomic E-state index is 12.0. The van der Waals surface area contributed by atoms with Gasteiger partial charge in [-0.1, -0.05) is 41.4 Å². The fourth-order valence-corrected chi connectivity index (χ4v) is 4.23. The van der Waals surface area contributed by atoms with Crippen molar-refractivity contribution in [2.45, 2.75) is 19.8 Å². The summed E-state index contributed by atoms with van der Waals surface area (Å²) in [6.45, 7) is 2.00. The van der Waals surface area contributed by atoms with Crippen LogP contribution < -0.4 is 5.32 Å².